The van der Waals surface area contributed by atoms with Crippen LogP contribution in [-0.2, 0) is 6.42 Å². The number of rotatable bonds is 5. The number of nitrogens with two attached hydrogens (primary N) is 1. The Kier molecular flexibility index (Phi) is 4.17. The molecule has 1 rings (SSSR count). The number of aromatic nitrogens is 1. The summed E-state index contributed by atoms with van der Waals surface area (Å²) >= 11 is 0. The highest BCUT2D eigenvalue weighted by atomic mass is 16.6. The Morgan fingerprint density at radius 2 is 2.27 bits per heavy atom. The number of aryl methyl sites for hydroxylation is 2. The highest BCUT2D eigenvalue weighted by Crippen LogP contribution is 2.15. The fraction of sp³-hybridized carbons (Fsp3) is 0.500. The summed E-state index contributed by atoms with van der Waals surface area (Å²) in [6.45, 7) is 2.52. The molecule has 0 aliphatic carbocycles. The van der Waals surface area contributed by atoms with Crippen LogP contribution in [0, 0.1) is 17.0 Å². The number of nitro groups is 1. The monoisotopic (exact) mass is 209 g/mol. The highest BCUT2D eigenvalue weighted by Gasteiger charge is 2.08. The first-order chi connectivity index (χ1) is 7.15. The van der Waals surface area contributed by atoms with Gasteiger partial charge in [-0.1, -0.05) is 0 Å². The SMILES string of the molecule is Cc1cc([N+](=O)[O-])cnc1CCCCN. The molecule has 0 bridgehead atoms. The second-order valence-electron chi connectivity index (χ2n) is 3.46. The van der Waals surface area contributed by atoms with E-state index in [1.54, 1.807) is 6.07 Å². The molecule has 1 heterocycles. The van der Waals surface area contributed by atoms with Crippen molar-refractivity contribution in [3.63, 3.8) is 0 Å². The molecule has 82 valence electrons. The van der Waals surface area contributed by atoms with Gasteiger partial charge in [-0.25, -0.2) is 0 Å². The normalized spacial score (nSPS) is 10.3. The minimum Gasteiger partial charge on any atom is -0.330 e. The van der Waals surface area contributed by atoms with Crippen molar-refractivity contribution < 1.29 is 4.92 Å². The van der Waals surface area contributed by atoms with Crippen molar-refractivity contribution in [3.8, 4) is 0 Å². The molecule has 5 nitrogen and oxygen atoms in total. The molecule has 0 aliphatic heterocycles. The standard InChI is InChI=1S/C10H15N3O2/c1-8-6-9(13(14)15)7-12-10(8)4-2-3-5-11/h6-7H,2-5,11H2,1H3. The van der Waals surface area contributed by atoms with Gasteiger partial charge in [-0.3, -0.25) is 15.1 Å². The van der Waals surface area contributed by atoms with Crippen LogP contribution in [0.2, 0.25) is 0 Å². The van der Waals surface area contributed by atoms with E-state index in [4.69, 9.17) is 5.73 Å². The van der Waals surface area contributed by atoms with Crippen molar-refractivity contribution in [1.82, 2.24) is 4.98 Å². The minimum atomic E-state index is -0.427. The maximum Gasteiger partial charge on any atom is 0.287 e. The van der Waals surface area contributed by atoms with Crippen molar-refractivity contribution in [2.24, 2.45) is 5.73 Å². The first-order valence-corrected chi connectivity index (χ1v) is 4.95. The summed E-state index contributed by atoms with van der Waals surface area (Å²) < 4.78 is 0. The predicted molar refractivity (Wildman–Crippen MR) is 57.6 cm³/mol. The lowest BCUT2D eigenvalue weighted by atomic mass is 10.1. The van der Waals surface area contributed by atoms with Gasteiger partial charge in [0.05, 0.1) is 4.92 Å². The van der Waals surface area contributed by atoms with E-state index in [1.807, 2.05) is 6.92 Å². The summed E-state index contributed by atoms with van der Waals surface area (Å²) in [6.07, 6.45) is 4.08. The molecule has 0 fully saturated rings. The van der Waals surface area contributed by atoms with Gasteiger partial charge in [0.15, 0.2) is 0 Å². The predicted octanol–water partition coefficient (Wildman–Crippen LogP) is 1.58. The summed E-state index contributed by atoms with van der Waals surface area (Å²) in [7, 11) is 0. The molecule has 15 heavy (non-hydrogen) atoms. The van der Waals surface area contributed by atoms with Gasteiger partial charge in [-0.2, -0.15) is 0 Å². The largest absolute Gasteiger partial charge is 0.330 e. The van der Waals surface area contributed by atoms with Gasteiger partial charge in [0.25, 0.3) is 5.69 Å². The van der Waals surface area contributed by atoms with E-state index >= 15 is 0 Å². The van der Waals surface area contributed by atoms with Crippen LogP contribution in [0.3, 0.4) is 0 Å². The van der Waals surface area contributed by atoms with Crippen LogP contribution >= 0.6 is 0 Å². The fourth-order valence-electron chi connectivity index (χ4n) is 1.39. The molecule has 1 aromatic rings. The topological polar surface area (TPSA) is 82.0 Å². The van der Waals surface area contributed by atoms with E-state index in [2.05, 4.69) is 4.98 Å². The average Bonchev–Trinajstić information content (AvgIpc) is 2.20. The Hall–Kier alpha value is -1.49. The van der Waals surface area contributed by atoms with E-state index in [0.717, 1.165) is 30.5 Å². The van der Waals surface area contributed by atoms with Crippen molar-refractivity contribution in [2.45, 2.75) is 26.2 Å². The van der Waals surface area contributed by atoms with Crippen LogP contribution in [0.15, 0.2) is 12.3 Å². The second kappa shape index (κ2) is 5.41. The summed E-state index contributed by atoms with van der Waals surface area (Å²) in [5.74, 6) is 0. The summed E-state index contributed by atoms with van der Waals surface area (Å²) in [6, 6.07) is 1.56. The van der Waals surface area contributed by atoms with Gasteiger partial charge in [-0.05, 0) is 38.3 Å². The Morgan fingerprint density at radius 1 is 1.53 bits per heavy atom. The third-order valence-corrected chi connectivity index (χ3v) is 2.25. The number of hydrogen-bond donors (Lipinski definition) is 1. The zero-order chi connectivity index (χ0) is 11.3. The summed E-state index contributed by atoms with van der Waals surface area (Å²) in [4.78, 5) is 14.1. The molecule has 0 saturated carbocycles. The van der Waals surface area contributed by atoms with Gasteiger partial charge in [-0.15, -0.1) is 0 Å². The van der Waals surface area contributed by atoms with Gasteiger partial charge in [0.2, 0.25) is 0 Å². The molecule has 2 N–H and O–H groups in total. The average molecular weight is 209 g/mol. The molecule has 5 heteroatoms. The Bertz CT molecular complexity index is 353. The Morgan fingerprint density at radius 3 is 2.80 bits per heavy atom. The van der Waals surface area contributed by atoms with Crippen molar-refractivity contribution in [2.75, 3.05) is 6.54 Å². The zero-order valence-electron chi connectivity index (χ0n) is 8.77. The smallest absolute Gasteiger partial charge is 0.287 e. The third kappa shape index (κ3) is 3.28. The van der Waals surface area contributed by atoms with E-state index < -0.39 is 4.92 Å². The van der Waals surface area contributed by atoms with Crippen LogP contribution < -0.4 is 5.73 Å². The molecule has 0 radical (unpaired) electrons. The molecule has 0 aromatic carbocycles. The Labute approximate surface area is 88.5 Å². The van der Waals surface area contributed by atoms with E-state index in [9.17, 15) is 10.1 Å². The number of nitrogens with zero attached hydrogens (tertiary/aromatic N) is 2. The quantitative estimate of drug-likeness (QED) is 0.453. The maximum absolute atomic E-state index is 10.5. The van der Waals surface area contributed by atoms with Crippen molar-refractivity contribution >= 4 is 5.69 Å². The van der Waals surface area contributed by atoms with E-state index in [1.165, 1.54) is 6.20 Å². The van der Waals surface area contributed by atoms with Crippen LogP contribution in [0.25, 0.3) is 0 Å². The number of hydrogen-bond acceptors (Lipinski definition) is 4. The van der Waals surface area contributed by atoms with Crippen molar-refractivity contribution in [1.29, 1.82) is 0 Å². The van der Waals surface area contributed by atoms with Gasteiger partial charge in [0, 0.05) is 11.8 Å². The lowest BCUT2D eigenvalue weighted by Crippen LogP contribution is -2.01. The van der Waals surface area contributed by atoms with Gasteiger partial charge < -0.3 is 5.73 Å². The fourth-order valence-corrected chi connectivity index (χ4v) is 1.39. The third-order valence-electron chi connectivity index (χ3n) is 2.25. The number of unbranched alkanes of at least 4 members (excludes halogenated alkanes) is 1. The highest BCUT2D eigenvalue weighted by molar-refractivity contribution is 5.33. The molecule has 0 atom stereocenters. The molecule has 0 saturated heterocycles. The molecule has 0 unspecified atom stereocenters. The second-order valence-corrected chi connectivity index (χ2v) is 3.46. The van der Waals surface area contributed by atoms with Crippen LogP contribution in [-0.4, -0.2) is 16.5 Å². The molecular weight excluding hydrogens is 194 g/mol. The molecule has 0 aliphatic rings. The maximum atomic E-state index is 10.5. The van der Waals surface area contributed by atoms with Crippen molar-refractivity contribution in [3.05, 3.63) is 33.6 Å². The minimum absolute atomic E-state index is 0.0510. The first-order valence-electron chi connectivity index (χ1n) is 4.95. The van der Waals surface area contributed by atoms with Gasteiger partial charge in [0.1, 0.15) is 6.20 Å². The van der Waals surface area contributed by atoms with Crippen LogP contribution in [0.1, 0.15) is 24.1 Å². The summed E-state index contributed by atoms with van der Waals surface area (Å²) in [5, 5.41) is 10.5. The van der Waals surface area contributed by atoms with Gasteiger partial charge >= 0.3 is 0 Å². The van der Waals surface area contributed by atoms with Crippen LogP contribution in [0.4, 0.5) is 5.69 Å². The molecule has 0 spiro atoms. The Balaban J connectivity index is 2.70. The zero-order valence-corrected chi connectivity index (χ0v) is 8.77. The molecule has 1 aromatic heterocycles. The molecular formula is C10H15N3O2. The lowest BCUT2D eigenvalue weighted by Gasteiger charge is -2.03. The lowest BCUT2D eigenvalue weighted by molar-refractivity contribution is -0.385. The van der Waals surface area contributed by atoms with E-state index in [0.29, 0.717) is 6.54 Å². The first kappa shape index (κ1) is 11.6. The van der Waals surface area contributed by atoms with E-state index in [-0.39, 0.29) is 5.69 Å². The van der Waals surface area contributed by atoms with Crippen LogP contribution in [0.5, 0.6) is 0 Å². The molecule has 0 amide bonds. The summed E-state index contributed by atoms with van der Waals surface area (Å²) in [5.41, 5.74) is 7.24. The number of pyridine rings is 1.